The summed E-state index contributed by atoms with van der Waals surface area (Å²) in [6.45, 7) is 1.47. The van der Waals surface area contributed by atoms with Crippen molar-refractivity contribution in [3.05, 3.63) is 12.7 Å². The molecule has 0 saturated carbocycles. The van der Waals surface area contributed by atoms with E-state index in [0.29, 0.717) is 0 Å². The van der Waals surface area contributed by atoms with E-state index in [1.807, 2.05) is 0 Å². The van der Waals surface area contributed by atoms with Gasteiger partial charge in [-0.15, -0.1) is 0 Å². The highest BCUT2D eigenvalue weighted by Gasteiger charge is 2.50. The number of fused-ring (bicyclic) bond motifs is 1. The summed E-state index contributed by atoms with van der Waals surface area (Å²) in [5, 5.41) is 26.1. The molecule has 10 N–H and O–H groups in total. The Labute approximate surface area is 302 Å². The predicted molar refractivity (Wildman–Crippen MR) is 178 cm³/mol. The van der Waals surface area contributed by atoms with E-state index in [9.17, 15) is 62.1 Å². The van der Waals surface area contributed by atoms with Gasteiger partial charge in [0.15, 0.2) is 17.7 Å². The number of ether oxygens (including phenoxy) is 1. The van der Waals surface area contributed by atoms with Crippen LogP contribution in [0.15, 0.2) is 12.7 Å². The summed E-state index contributed by atoms with van der Waals surface area (Å²) in [7, 11) is -17.8. The molecule has 1 aliphatic heterocycles. The Hall–Kier alpha value is -2.64. The molecule has 1 saturated heterocycles. The van der Waals surface area contributed by atoms with Crippen molar-refractivity contribution in [1.82, 2.24) is 30.2 Å². The third-order valence-electron chi connectivity index (χ3n) is 7.09. The van der Waals surface area contributed by atoms with Crippen LogP contribution in [0.25, 0.3) is 11.2 Å². The number of anilines is 1. The molecule has 3 heterocycles. The predicted octanol–water partition coefficient (Wildman–Crippen LogP) is -2.26. The van der Waals surface area contributed by atoms with Crippen LogP contribution in [0, 0.1) is 5.41 Å². The molecular formula is C24H40N7O18P3S. The van der Waals surface area contributed by atoms with Gasteiger partial charge in [0.2, 0.25) is 11.8 Å². The Balaban J connectivity index is 1.53. The first-order chi connectivity index (χ1) is 24.4. The number of hydrogen-bond donors (Lipinski definition) is 9. The summed E-state index contributed by atoms with van der Waals surface area (Å²) >= 11 is 0. The van der Waals surface area contributed by atoms with Gasteiger partial charge in [-0.25, -0.2) is 28.6 Å². The summed E-state index contributed by atoms with van der Waals surface area (Å²) in [6, 6.07) is 0. The quantitative estimate of drug-likeness (QED) is 0.0599. The summed E-state index contributed by atoms with van der Waals surface area (Å²) in [6.07, 6.45) is -7.04. The molecule has 1 fully saturated rings. The molecule has 0 bridgehead atoms. The first kappa shape index (κ1) is 44.8. The van der Waals surface area contributed by atoms with Crippen molar-refractivity contribution < 1.29 is 84.7 Å². The number of aliphatic hydroxyl groups is 2. The maximum atomic E-state index is 12.6. The van der Waals surface area contributed by atoms with Crippen LogP contribution < -0.4 is 16.4 Å². The van der Waals surface area contributed by atoms with E-state index in [4.69, 9.17) is 19.5 Å². The molecule has 29 heteroatoms. The lowest BCUT2D eigenvalue weighted by Gasteiger charge is -2.30. The molecule has 2 aromatic heterocycles. The Morgan fingerprint density at radius 3 is 2.38 bits per heavy atom. The third kappa shape index (κ3) is 13.6. The van der Waals surface area contributed by atoms with Crippen LogP contribution in [0.1, 0.15) is 33.4 Å². The molecule has 1 aliphatic rings. The van der Waals surface area contributed by atoms with E-state index >= 15 is 0 Å². The first-order valence-corrected chi connectivity index (χ1v) is 21.2. The number of amides is 2. The molecule has 2 amide bonds. The number of imidazole rings is 1. The van der Waals surface area contributed by atoms with E-state index in [1.165, 1.54) is 20.8 Å². The minimum Gasteiger partial charge on any atom is -0.386 e. The van der Waals surface area contributed by atoms with Crippen LogP contribution in [0.3, 0.4) is 0 Å². The van der Waals surface area contributed by atoms with Gasteiger partial charge in [0.05, 0.1) is 25.3 Å². The van der Waals surface area contributed by atoms with Gasteiger partial charge in [-0.1, -0.05) is 13.8 Å². The lowest BCUT2D eigenvalue weighted by Crippen LogP contribution is -2.46. The van der Waals surface area contributed by atoms with Crippen molar-refractivity contribution in [1.29, 1.82) is 0 Å². The lowest BCUT2D eigenvalue weighted by molar-refractivity contribution is -0.137. The summed E-state index contributed by atoms with van der Waals surface area (Å²) in [4.78, 5) is 86.1. The maximum Gasteiger partial charge on any atom is 0.481 e. The average Bonchev–Trinajstić information content (AvgIpc) is 3.58. The lowest BCUT2D eigenvalue weighted by atomic mass is 9.87. The van der Waals surface area contributed by atoms with Crippen LogP contribution >= 0.6 is 23.5 Å². The fraction of sp³-hybridized carbons (Fsp3) is 0.667. The number of carbonyl (C=O) groups excluding carboxylic acids is 3. The zero-order valence-corrected chi connectivity index (χ0v) is 31.7. The van der Waals surface area contributed by atoms with E-state index in [-0.39, 0.29) is 53.8 Å². The van der Waals surface area contributed by atoms with Crippen molar-refractivity contribution in [3.63, 3.8) is 0 Å². The highest BCUT2D eigenvalue weighted by molar-refractivity contribution is 7.85. The molecule has 2 aromatic rings. The van der Waals surface area contributed by atoms with Crippen LogP contribution in [-0.2, 0) is 61.5 Å². The Morgan fingerprint density at radius 1 is 1.08 bits per heavy atom. The highest BCUT2D eigenvalue weighted by Crippen LogP contribution is 2.61. The minimum absolute atomic E-state index is 0.0224. The van der Waals surface area contributed by atoms with Crippen molar-refractivity contribution in [2.24, 2.45) is 5.41 Å². The number of aliphatic hydroxyl groups excluding tert-OH is 2. The number of hydrogen-bond acceptors (Lipinski definition) is 18. The van der Waals surface area contributed by atoms with E-state index in [1.54, 1.807) is 0 Å². The number of phosphoric acid groups is 3. The van der Waals surface area contributed by atoms with Crippen molar-refractivity contribution in [3.8, 4) is 0 Å². The van der Waals surface area contributed by atoms with Gasteiger partial charge in [-0.3, -0.25) is 36.7 Å². The zero-order chi connectivity index (χ0) is 39.9. The number of Topliss-reactive ketones (excluding diaryl/α,β-unsaturated/α-hetero) is 1. The second-order valence-corrected chi connectivity index (χ2v) is 17.9. The van der Waals surface area contributed by atoms with E-state index < -0.39 is 95.4 Å². The monoisotopic (exact) mass is 839 g/mol. The topological polar surface area (TPSA) is 381 Å². The number of aromatic nitrogens is 4. The Bertz CT molecular complexity index is 1810. The van der Waals surface area contributed by atoms with Gasteiger partial charge in [0.25, 0.3) is 0 Å². The summed E-state index contributed by atoms with van der Waals surface area (Å²) in [5.41, 5.74) is 4.22. The molecule has 53 heavy (non-hydrogen) atoms. The van der Waals surface area contributed by atoms with Crippen LogP contribution in [0.2, 0.25) is 0 Å². The first-order valence-electron chi connectivity index (χ1n) is 15.1. The summed E-state index contributed by atoms with van der Waals surface area (Å²) < 4.78 is 73.5. The number of carbonyl (C=O) groups is 3. The van der Waals surface area contributed by atoms with Crippen molar-refractivity contribution >= 4 is 68.8 Å². The molecule has 3 rings (SSSR count). The van der Waals surface area contributed by atoms with Crippen molar-refractivity contribution in [2.75, 3.05) is 43.5 Å². The van der Waals surface area contributed by atoms with Gasteiger partial charge in [0.1, 0.15) is 42.0 Å². The van der Waals surface area contributed by atoms with E-state index in [2.05, 4.69) is 34.4 Å². The largest absolute Gasteiger partial charge is 0.481 e. The molecule has 300 valence electrons. The minimum atomic E-state index is -5.58. The number of phosphoric ester groups is 3. The molecule has 0 spiro atoms. The molecule has 0 aromatic carbocycles. The Kier molecular flexibility index (Phi) is 15.5. The molecule has 0 radical (unpaired) electrons. The number of nitrogen functional groups attached to an aromatic ring is 1. The van der Waals surface area contributed by atoms with Crippen LogP contribution in [0.4, 0.5) is 5.82 Å². The maximum absolute atomic E-state index is 12.6. The fourth-order valence-corrected chi connectivity index (χ4v) is 8.30. The van der Waals surface area contributed by atoms with Crippen molar-refractivity contribution in [2.45, 2.75) is 57.8 Å². The van der Waals surface area contributed by atoms with Gasteiger partial charge in [0, 0.05) is 41.5 Å². The van der Waals surface area contributed by atoms with Gasteiger partial charge >= 0.3 is 23.5 Å². The SMILES string of the molecule is CC(=O)CS(=O)CCNC(=O)CCNC(=O)C(O)C(C)(C)COP(=O)(O)OP(=O)(O)OCC1OC(n2cnc3c(N)ncnc32)C(O)C1OP(=O)(O)O. The fourth-order valence-electron chi connectivity index (χ4n) is 4.54. The van der Waals surface area contributed by atoms with Gasteiger partial charge < -0.3 is 50.9 Å². The number of nitrogens with two attached hydrogens (primary N) is 1. The Morgan fingerprint density at radius 2 is 1.74 bits per heavy atom. The van der Waals surface area contributed by atoms with Crippen LogP contribution in [0.5, 0.6) is 0 Å². The highest BCUT2D eigenvalue weighted by atomic mass is 32.2. The molecule has 8 atom stereocenters. The average molecular weight is 840 g/mol. The molecule has 0 aliphatic carbocycles. The van der Waals surface area contributed by atoms with Crippen LogP contribution in [-0.4, -0.2) is 133 Å². The second-order valence-electron chi connectivity index (χ2n) is 12.1. The molecule has 8 unspecified atom stereocenters. The number of nitrogens with one attached hydrogen (secondary N) is 2. The van der Waals surface area contributed by atoms with E-state index in [0.717, 1.165) is 17.2 Å². The summed E-state index contributed by atoms with van der Waals surface area (Å²) in [5.74, 6) is -1.94. The molecule has 25 nitrogen and oxygen atoms in total. The third-order valence-corrected chi connectivity index (χ3v) is 11.6. The zero-order valence-electron chi connectivity index (χ0n) is 28.2. The standard InChI is InChI=1S/C24H40N7O18P3S/c1-13(32)9-53(44)7-6-26-15(33)4-5-27-22(36)19(35)24(2,3)10-46-52(42,43)49-51(40,41)45-8-14-18(48-50(37,38)39)17(34)23(47-14)31-12-30-16-20(25)28-11-29-21(16)31/h11-12,14,17-19,23,34-35H,4-10H2,1-3H3,(H,26,33)(H,27,36)(H,40,41)(H,42,43)(H2,25,28,29)(H2,37,38,39). The van der Waals surface area contributed by atoms with Gasteiger partial charge in [-0.2, -0.15) is 4.31 Å². The number of nitrogens with zero attached hydrogens (tertiary/aromatic N) is 4. The van der Waals surface area contributed by atoms with Gasteiger partial charge in [-0.05, 0) is 6.92 Å². The second kappa shape index (κ2) is 18.3. The number of ketones is 1. The normalized spacial score (nSPS) is 22.8. The smallest absolute Gasteiger partial charge is 0.386 e. The molecular weight excluding hydrogens is 799 g/mol. The number of rotatable bonds is 21.